The van der Waals surface area contributed by atoms with Crippen LogP contribution in [0.4, 0.5) is 4.79 Å². The van der Waals surface area contributed by atoms with Gasteiger partial charge in [-0.1, -0.05) is 30.3 Å². The molecule has 3 rings (SSSR count). The van der Waals surface area contributed by atoms with Crippen LogP contribution < -0.4 is 0 Å². The van der Waals surface area contributed by atoms with Crippen molar-refractivity contribution in [2.45, 2.75) is 44.4 Å². The zero-order valence-corrected chi connectivity index (χ0v) is 14.5. The average molecular weight is 332 g/mol. The Morgan fingerprint density at radius 3 is 2.50 bits per heavy atom. The lowest BCUT2D eigenvalue weighted by atomic mass is 9.99. The lowest BCUT2D eigenvalue weighted by molar-refractivity contribution is 0.0143. The molecule has 0 aliphatic carbocycles. The summed E-state index contributed by atoms with van der Waals surface area (Å²) in [6.07, 6.45) is 4.10. The Morgan fingerprint density at radius 2 is 1.83 bits per heavy atom. The van der Waals surface area contributed by atoms with Crippen molar-refractivity contribution in [1.29, 1.82) is 0 Å². The molecule has 0 radical (unpaired) electrons. The van der Waals surface area contributed by atoms with Crippen molar-refractivity contribution in [3.8, 4) is 0 Å². The molecule has 0 spiro atoms. The molecule has 24 heavy (non-hydrogen) atoms. The van der Waals surface area contributed by atoms with Gasteiger partial charge in [-0.15, -0.1) is 0 Å². The molecule has 2 aliphatic heterocycles. The van der Waals surface area contributed by atoms with Crippen LogP contribution in [0.25, 0.3) is 0 Å². The molecule has 0 N–H and O–H groups in total. The van der Waals surface area contributed by atoms with E-state index in [1.54, 1.807) is 4.90 Å². The minimum atomic E-state index is -0.219. The van der Waals surface area contributed by atoms with E-state index in [2.05, 4.69) is 4.90 Å². The Balaban J connectivity index is 1.42. The first-order valence-electron chi connectivity index (χ1n) is 8.99. The summed E-state index contributed by atoms with van der Waals surface area (Å²) in [6, 6.07) is 10.8. The molecule has 5 heteroatoms. The number of hydrogen-bond donors (Lipinski definition) is 0. The van der Waals surface area contributed by atoms with Crippen LogP contribution in [0.2, 0.25) is 0 Å². The van der Waals surface area contributed by atoms with Crippen LogP contribution >= 0.6 is 0 Å². The molecule has 1 aromatic rings. The van der Waals surface area contributed by atoms with Crippen molar-refractivity contribution in [1.82, 2.24) is 9.80 Å². The van der Waals surface area contributed by atoms with E-state index in [0.29, 0.717) is 12.6 Å². The number of piperidine rings is 1. The highest BCUT2D eigenvalue weighted by molar-refractivity contribution is 5.67. The Bertz CT molecular complexity index is 509. The normalized spacial score (nSPS) is 20.7. The van der Waals surface area contributed by atoms with Gasteiger partial charge in [0.05, 0.1) is 0 Å². The summed E-state index contributed by atoms with van der Waals surface area (Å²) >= 11 is 0. The van der Waals surface area contributed by atoms with Crippen molar-refractivity contribution < 1.29 is 14.3 Å². The zero-order chi connectivity index (χ0) is 16.8. The highest BCUT2D eigenvalue weighted by atomic mass is 16.6. The first-order valence-corrected chi connectivity index (χ1v) is 8.99. The van der Waals surface area contributed by atoms with Gasteiger partial charge >= 0.3 is 6.09 Å². The molecule has 0 atom stereocenters. The van der Waals surface area contributed by atoms with Gasteiger partial charge in [0.2, 0.25) is 0 Å². The van der Waals surface area contributed by atoms with Gasteiger partial charge < -0.3 is 19.3 Å². The van der Waals surface area contributed by atoms with E-state index < -0.39 is 0 Å². The second-order valence-electron chi connectivity index (χ2n) is 6.76. The minimum absolute atomic E-state index is 0.219. The summed E-state index contributed by atoms with van der Waals surface area (Å²) in [4.78, 5) is 16.6. The van der Waals surface area contributed by atoms with Crippen LogP contribution in [0.5, 0.6) is 0 Å². The van der Waals surface area contributed by atoms with Crippen LogP contribution in [0.1, 0.15) is 31.2 Å². The van der Waals surface area contributed by atoms with Gasteiger partial charge in [-0.25, -0.2) is 4.79 Å². The predicted molar refractivity (Wildman–Crippen MR) is 92.8 cm³/mol. The molecule has 2 fully saturated rings. The van der Waals surface area contributed by atoms with Gasteiger partial charge in [0.1, 0.15) is 6.61 Å². The van der Waals surface area contributed by atoms with E-state index in [0.717, 1.165) is 57.6 Å². The first kappa shape index (κ1) is 17.2. The van der Waals surface area contributed by atoms with Crippen LogP contribution in [-0.2, 0) is 16.1 Å². The van der Waals surface area contributed by atoms with Crippen molar-refractivity contribution in [3.05, 3.63) is 35.9 Å². The van der Waals surface area contributed by atoms with Gasteiger partial charge in [0.25, 0.3) is 0 Å². The first-order chi connectivity index (χ1) is 11.7. The molecule has 132 valence electrons. The van der Waals surface area contributed by atoms with E-state index in [9.17, 15) is 4.79 Å². The summed E-state index contributed by atoms with van der Waals surface area (Å²) in [5, 5.41) is 0. The summed E-state index contributed by atoms with van der Waals surface area (Å²) in [7, 11) is 1.86. The molecular formula is C19H28N2O3. The van der Waals surface area contributed by atoms with E-state index in [1.807, 2.05) is 37.4 Å². The Labute approximate surface area is 144 Å². The van der Waals surface area contributed by atoms with E-state index in [1.165, 1.54) is 0 Å². The largest absolute Gasteiger partial charge is 0.445 e. The fourth-order valence-corrected chi connectivity index (χ4v) is 3.66. The summed E-state index contributed by atoms with van der Waals surface area (Å²) in [5.74, 6) is 0. The Morgan fingerprint density at radius 1 is 1.17 bits per heavy atom. The maximum Gasteiger partial charge on any atom is 0.410 e. The van der Waals surface area contributed by atoms with Gasteiger partial charge in [0, 0.05) is 45.4 Å². The van der Waals surface area contributed by atoms with E-state index in [4.69, 9.17) is 9.47 Å². The van der Waals surface area contributed by atoms with Crippen molar-refractivity contribution in [3.63, 3.8) is 0 Å². The molecular weight excluding hydrogens is 304 g/mol. The molecule has 0 aromatic heterocycles. The van der Waals surface area contributed by atoms with Gasteiger partial charge in [-0.3, -0.25) is 0 Å². The fraction of sp³-hybridized carbons (Fsp3) is 0.632. The molecule has 2 aliphatic rings. The number of ether oxygens (including phenoxy) is 2. The highest BCUT2D eigenvalue weighted by Crippen LogP contribution is 2.22. The van der Waals surface area contributed by atoms with Crippen LogP contribution in [0, 0.1) is 0 Å². The molecule has 0 bridgehead atoms. The van der Waals surface area contributed by atoms with Crippen molar-refractivity contribution in [2.75, 3.05) is 33.4 Å². The quantitative estimate of drug-likeness (QED) is 0.850. The number of benzene rings is 1. The number of likely N-dealkylation sites (tertiary alicyclic amines) is 1. The number of hydrogen-bond acceptors (Lipinski definition) is 4. The Hall–Kier alpha value is -1.59. The number of rotatable bonds is 4. The standard InChI is InChI=1S/C19H28N2O3/c1-20(19(22)24-15-16-5-3-2-4-6-16)17-7-11-21(12-8-17)18-9-13-23-14-10-18/h2-6,17-18H,7-15H2,1H3. The number of carbonyl (C=O) groups excluding carboxylic acids is 1. The number of nitrogens with zero attached hydrogens (tertiary/aromatic N) is 2. The third kappa shape index (κ3) is 4.48. The second kappa shape index (κ2) is 8.49. The summed E-state index contributed by atoms with van der Waals surface area (Å²) < 4.78 is 10.9. The Kier molecular flexibility index (Phi) is 6.10. The van der Waals surface area contributed by atoms with E-state index >= 15 is 0 Å². The van der Waals surface area contributed by atoms with Crippen molar-refractivity contribution >= 4 is 6.09 Å². The second-order valence-corrected chi connectivity index (χ2v) is 6.76. The van der Waals surface area contributed by atoms with Gasteiger partial charge in [-0.2, -0.15) is 0 Å². The molecule has 5 nitrogen and oxygen atoms in total. The molecule has 2 saturated heterocycles. The monoisotopic (exact) mass is 332 g/mol. The number of carbonyl (C=O) groups is 1. The SMILES string of the molecule is CN(C(=O)OCc1ccccc1)C1CCN(C2CCOCC2)CC1. The van der Waals surface area contributed by atoms with E-state index in [-0.39, 0.29) is 12.1 Å². The van der Waals surface area contributed by atoms with Crippen LogP contribution in [-0.4, -0.2) is 61.3 Å². The van der Waals surface area contributed by atoms with Crippen molar-refractivity contribution in [2.24, 2.45) is 0 Å². The van der Waals surface area contributed by atoms with Gasteiger partial charge in [-0.05, 0) is 31.2 Å². The van der Waals surface area contributed by atoms with Crippen LogP contribution in [0.3, 0.4) is 0 Å². The lowest BCUT2D eigenvalue weighted by Gasteiger charge is -2.41. The smallest absolute Gasteiger partial charge is 0.410 e. The summed E-state index contributed by atoms with van der Waals surface area (Å²) in [6.45, 7) is 4.23. The third-order valence-electron chi connectivity index (χ3n) is 5.25. The number of amides is 1. The van der Waals surface area contributed by atoms with Gasteiger partial charge in [0.15, 0.2) is 0 Å². The molecule has 2 heterocycles. The average Bonchev–Trinajstić information content (AvgIpc) is 2.67. The summed E-state index contributed by atoms with van der Waals surface area (Å²) in [5.41, 5.74) is 1.02. The fourth-order valence-electron chi connectivity index (χ4n) is 3.66. The molecule has 1 aromatic carbocycles. The maximum atomic E-state index is 12.3. The maximum absolute atomic E-state index is 12.3. The predicted octanol–water partition coefficient (Wildman–Crippen LogP) is 2.90. The van der Waals surface area contributed by atoms with Crippen LogP contribution in [0.15, 0.2) is 30.3 Å². The highest BCUT2D eigenvalue weighted by Gasteiger charge is 2.30. The lowest BCUT2D eigenvalue weighted by Crippen LogP contribution is -2.49. The third-order valence-corrected chi connectivity index (χ3v) is 5.25. The molecule has 0 saturated carbocycles. The zero-order valence-electron chi connectivity index (χ0n) is 14.5. The topological polar surface area (TPSA) is 42.0 Å². The molecule has 0 unspecified atom stereocenters. The molecule has 1 amide bonds. The minimum Gasteiger partial charge on any atom is -0.445 e.